The summed E-state index contributed by atoms with van der Waals surface area (Å²) in [7, 11) is 0. The van der Waals surface area contributed by atoms with Crippen LogP contribution in [0.4, 0.5) is 23.4 Å². The third-order valence-corrected chi connectivity index (χ3v) is 5.42. The van der Waals surface area contributed by atoms with Gasteiger partial charge in [0.25, 0.3) is 6.43 Å². The van der Waals surface area contributed by atoms with Gasteiger partial charge in [0.2, 0.25) is 22.8 Å². The molecule has 32 heavy (non-hydrogen) atoms. The summed E-state index contributed by atoms with van der Waals surface area (Å²) in [6.07, 6.45) is -3.98. The van der Waals surface area contributed by atoms with Crippen molar-refractivity contribution in [1.82, 2.24) is 24.2 Å². The fourth-order valence-corrected chi connectivity index (χ4v) is 3.65. The number of carbonyl (C=O) groups excluding carboxylic acids is 1. The molecule has 15 heteroatoms. The average molecular weight is 472 g/mol. The normalized spacial score (nSPS) is 15.1. The largest absolute Gasteiger partial charge is 0.477 e. The molecule has 1 fully saturated rings. The molecule has 168 valence electrons. The number of aromatic nitrogens is 4. The van der Waals surface area contributed by atoms with Gasteiger partial charge in [-0.05, 0) is 6.07 Å². The summed E-state index contributed by atoms with van der Waals surface area (Å²) < 4.78 is 57.2. The van der Waals surface area contributed by atoms with Crippen LogP contribution in [0.1, 0.15) is 10.4 Å². The molecule has 2 N–H and O–H groups in total. The van der Waals surface area contributed by atoms with Crippen LogP contribution in [0.3, 0.4) is 0 Å². The number of halogens is 4. The molecule has 0 radical (unpaired) electrons. The van der Waals surface area contributed by atoms with Crippen LogP contribution in [0.15, 0.2) is 23.4 Å². The Morgan fingerprint density at radius 1 is 1.28 bits per heavy atom. The van der Waals surface area contributed by atoms with Crippen molar-refractivity contribution in [2.24, 2.45) is 5.92 Å². The van der Waals surface area contributed by atoms with Crippen molar-refractivity contribution in [1.29, 1.82) is 0 Å². The highest BCUT2D eigenvalue weighted by molar-refractivity contribution is 7.08. The molecule has 1 atom stereocenters. The van der Waals surface area contributed by atoms with Crippen molar-refractivity contribution in [2.45, 2.75) is 12.7 Å². The average Bonchev–Trinajstić information content (AvgIpc) is 3.22. The maximum absolute atomic E-state index is 14.7. The van der Waals surface area contributed by atoms with Crippen LogP contribution in [0.25, 0.3) is 16.2 Å². The van der Waals surface area contributed by atoms with Gasteiger partial charge in [-0.25, -0.2) is 32.3 Å². The zero-order chi connectivity index (χ0) is 23.2. The van der Waals surface area contributed by atoms with Gasteiger partial charge in [-0.15, -0.1) is 0 Å². The number of alkyl halides is 3. The summed E-state index contributed by atoms with van der Waals surface area (Å²) in [5.41, 5.74) is -1.67. The van der Waals surface area contributed by atoms with Gasteiger partial charge in [-0.3, -0.25) is 14.2 Å². The number of anilines is 1. The second-order valence-electron chi connectivity index (χ2n) is 6.78. The molecule has 0 aromatic carbocycles. The number of aromatic carboxylic acids is 1. The summed E-state index contributed by atoms with van der Waals surface area (Å²) in [5, 5.41) is 10.7. The SMILES string of the molecule is O=C(O)c1cn(-c2ncns2)c2nc(N3CC(C(=O)NC(F)C(F)F)C3)c(F)cc2c1=O. The number of carbonyl (C=O) groups is 2. The predicted molar refractivity (Wildman–Crippen MR) is 102 cm³/mol. The monoisotopic (exact) mass is 472 g/mol. The third-order valence-electron chi connectivity index (χ3n) is 4.75. The maximum atomic E-state index is 14.7. The zero-order valence-electron chi connectivity index (χ0n) is 15.7. The van der Waals surface area contributed by atoms with E-state index in [4.69, 9.17) is 0 Å². The third kappa shape index (κ3) is 3.74. The van der Waals surface area contributed by atoms with Crippen molar-refractivity contribution in [3.8, 4) is 5.13 Å². The van der Waals surface area contributed by atoms with Crippen molar-refractivity contribution in [2.75, 3.05) is 18.0 Å². The summed E-state index contributed by atoms with van der Waals surface area (Å²) in [6, 6.07) is 0.825. The molecular weight excluding hydrogens is 460 g/mol. The number of pyridine rings is 2. The van der Waals surface area contributed by atoms with Crippen molar-refractivity contribution in [3.05, 3.63) is 40.2 Å². The van der Waals surface area contributed by atoms with Crippen LogP contribution >= 0.6 is 11.5 Å². The Bertz CT molecular complexity index is 1260. The number of nitrogens with one attached hydrogen (secondary N) is 1. The van der Waals surface area contributed by atoms with E-state index in [1.807, 2.05) is 0 Å². The number of amides is 1. The molecule has 0 spiro atoms. The first-order valence-electron chi connectivity index (χ1n) is 8.91. The Balaban J connectivity index is 1.69. The summed E-state index contributed by atoms with van der Waals surface area (Å²) in [4.78, 5) is 45.2. The highest BCUT2D eigenvalue weighted by Crippen LogP contribution is 2.29. The summed E-state index contributed by atoms with van der Waals surface area (Å²) >= 11 is 0.877. The lowest BCUT2D eigenvalue weighted by Gasteiger charge is -2.39. The first-order chi connectivity index (χ1) is 15.2. The van der Waals surface area contributed by atoms with E-state index < -0.39 is 47.3 Å². The van der Waals surface area contributed by atoms with Gasteiger partial charge < -0.3 is 15.3 Å². The van der Waals surface area contributed by atoms with Crippen LogP contribution in [0, 0.1) is 11.7 Å². The fourth-order valence-electron chi connectivity index (χ4n) is 3.14. The van der Waals surface area contributed by atoms with E-state index in [1.165, 1.54) is 21.1 Å². The van der Waals surface area contributed by atoms with Crippen LogP contribution < -0.4 is 15.6 Å². The molecular formula is C17H12F4N6O4S. The summed E-state index contributed by atoms with van der Waals surface area (Å²) in [6.45, 7) is -0.263. The van der Waals surface area contributed by atoms with Gasteiger partial charge in [0.15, 0.2) is 17.3 Å². The molecule has 1 amide bonds. The summed E-state index contributed by atoms with van der Waals surface area (Å²) in [5.74, 6) is -4.56. The lowest BCUT2D eigenvalue weighted by Crippen LogP contribution is -2.56. The Morgan fingerprint density at radius 3 is 2.59 bits per heavy atom. The standard InChI is InChI=1S/C17H12F4N6O4S/c18-9-1-7-10(28)8(16(30)31)4-27(17-22-5-23-32-17)13(7)25-14(9)26-2-6(3-26)15(29)24-12(21)11(19)20/h1,4-6,11-12H,2-3H2,(H,24,29)(H,30,31). The van der Waals surface area contributed by atoms with Gasteiger partial charge in [0.05, 0.1) is 11.3 Å². The van der Waals surface area contributed by atoms with Crippen LogP contribution in [0.2, 0.25) is 0 Å². The van der Waals surface area contributed by atoms with E-state index in [-0.39, 0.29) is 35.1 Å². The second kappa shape index (κ2) is 8.14. The predicted octanol–water partition coefficient (Wildman–Crippen LogP) is 1.19. The highest BCUT2D eigenvalue weighted by Gasteiger charge is 2.37. The van der Waals surface area contributed by atoms with E-state index in [9.17, 15) is 37.1 Å². The lowest BCUT2D eigenvalue weighted by atomic mass is 9.99. The fraction of sp³-hybridized carbons (Fsp3) is 0.294. The van der Waals surface area contributed by atoms with Crippen LogP contribution in [-0.4, -0.2) is 61.7 Å². The molecule has 4 heterocycles. The molecule has 0 bridgehead atoms. The number of hydrogen-bond acceptors (Lipinski definition) is 8. The van der Waals surface area contributed by atoms with E-state index in [0.717, 1.165) is 23.8 Å². The minimum absolute atomic E-state index is 0.0948. The maximum Gasteiger partial charge on any atom is 0.341 e. The quantitative estimate of drug-likeness (QED) is 0.404. The number of rotatable bonds is 6. The smallest absolute Gasteiger partial charge is 0.341 e. The minimum Gasteiger partial charge on any atom is -0.477 e. The van der Waals surface area contributed by atoms with Crippen molar-refractivity contribution >= 4 is 40.3 Å². The zero-order valence-corrected chi connectivity index (χ0v) is 16.5. The van der Waals surface area contributed by atoms with Gasteiger partial charge >= 0.3 is 5.97 Å². The molecule has 0 saturated carbocycles. The molecule has 1 aliphatic heterocycles. The van der Waals surface area contributed by atoms with Crippen LogP contribution in [-0.2, 0) is 4.79 Å². The molecule has 0 aliphatic carbocycles. The first-order valence-corrected chi connectivity index (χ1v) is 9.68. The van der Waals surface area contributed by atoms with Gasteiger partial charge in [0, 0.05) is 30.8 Å². The van der Waals surface area contributed by atoms with E-state index >= 15 is 0 Å². The Hall–Kier alpha value is -3.62. The van der Waals surface area contributed by atoms with E-state index in [0.29, 0.717) is 0 Å². The Labute approximate surface area is 179 Å². The highest BCUT2D eigenvalue weighted by atomic mass is 32.1. The number of carboxylic acid groups (broad SMARTS) is 1. The van der Waals surface area contributed by atoms with Crippen molar-refractivity contribution in [3.63, 3.8) is 0 Å². The first kappa shape index (κ1) is 21.6. The number of fused-ring (bicyclic) bond motifs is 1. The van der Waals surface area contributed by atoms with Crippen LogP contribution in [0.5, 0.6) is 0 Å². The van der Waals surface area contributed by atoms with Gasteiger partial charge in [0.1, 0.15) is 11.9 Å². The topological polar surface area (TPSA) is 130 Å². The Kier molecular flexibility index (Phi) is 5.50. The molecule has 4 rings (SSSR count). The molecule has 10 nitrogen and oxygen atoms in total. The van der Waals surface area contributed by atoms with E-state index in [2.05, 4.69) is 14.3 Å². The number of nitrogens with zero attached hydrogens (tertiary/aromatic N) is 5. The number of hydrogen-bond donors (Lipinski definition) is 2. The van der Waals surface area contributed by atoms with Gasteiger partial charge in [-0.2, -0.15) is 4.37 Å². The molecule has 3 aromatic heterocycles. The molecule has 1 unspecified atom stereocenters. The lowest BCUT2D eigenvalue weighted by molar-refractivity contribution is -0.129. The molecule has 1 saturated heterocycles. The van der Waals surface area contributed by atoms with Crippen molar-refractivity contribution < 1.29 is 32.3 Å². The van der Waals surface area contributed by atoms with E-state index in [1.54, 1.807) is 0 Å². The Morgan fingerprint density at radius 2 is 2.00 bits per heavy atom. The van der Waals surface area contributed by atoms with Gasteiger partial charge in [-0.1, -0.05) is 0 Å². The minimum atomic E-state index is -3.37. The second-order valence-corrected chi connectivity index (χ2v) is 7.54. The molecule has 3 aromatic rings. The number of carboxylic acids is 1. The molecule has 1 aliphatic rings.